The zero-order valence-electron chi connectivity index (χ0n) is 15.7. The van der Waals surface area contributed by atoms with Gasteiger partial charge in [-0.2, -0.15) is 13.2 Å². The third-order valence-corrected chi connectivity index (χ3v) is 9.15. The first-order valence-electron chi connectivity index (χ1n) is 8.59. The van der Waals surface area contributed by atoms with Gasteiger partial charge in [-0.15, -0.1) is 0 Å². The predicted molar refractivity (Wildman–Crippen MR) is 102 cm³/mol. The fraction of sp³-hybridized carbons (Fsp3) is 0.333. The van der Waals surface area contributed by atoms with Crippen molar-refractivity contribution in [3.63, 3.8) is 0 Å². The minimum absolute atomic E-state index is 0.196. The predicted octanol–water partition coefficient (Wildman–Crippen LogP) is 4.28. The first kappa shape index (κ1) is 23.9. The monoisotopic (exact) mass is 503 g/mol. The van der Waals surface area contributed by atoms with Crippen molar-refractivity contribution in [2.75, 3.05) is 0 Å². The summed E-state index contributed by atoms with van der Waals surface area (Å²) in [6.45, 7) is 1.06. The van der Waals surface area contributed by atoms with E-state index in [4.69, 9.17) is 11.6 Å². The number of alkyl halides is 3. The molecule has 0 aliphatic heterocycles. The second-order valence-electron chi connectivity index (χ2n) is 7.54. The second kappa shape index (κ2) is 7.39. The largest absolute Gasteiger partial charge is 0.511 e. The first-order chi connectivity index (χ1) is 14.0. The van der Waals surface area contributed by atoms with Gasteiger partial charge in [-0.25, -0.2) is 30.3 Å². The number of hydrogen-bond acceptors (Lipinski definition) is 4. The smallest absolute Gasteiger partial charge is 0.223 e. The molecule has 3 rings (SSSR count). The quantitative estimate of drug-likeness (QED) is 0.618. The number of sulfonamides is 1. The highest BCUT2D eigenvalue weighted by Crippen LogP contribution is 2.57. The highest BCUT2D eigenvalue weighted by atomic mass is 35.5. The fourth-order valence-corrected chi connectivity index (χ4v) is 7.32. The van der Waals surface area contributed by atoms with Crippen molar-refractivity contribution in [1.82, 2.24) is 4.72 Å². The Balaban J connectivity index is 2.13. The SMILES string of the molecule is C[C@]1(NS(=O)(=O)C(F)(F)F)C[C@@](c2cc(F)ccc2F)(S(=O)(=O)c2ccc(Cl)cc2)C1. The summed E-state index contributed by atoms with van der Waals surface area (Å²) >= 11 is 5.76. The van der Waals surface area contributed by atoms with E-state index in [0.717, 1.165) is 25.1 Å². The Kier molecular flexibility index (Phi) is 5.70. The summed E-state index contributed by atoms with van der Waals surface area (Å²) in [6, 6.07) is 6.81. The number of halogens is 6. The lowest BCUT2D eigenvalue weighted by Crippen LogP contribution is -2.66. The molecule has 13 heteroatoms. The topological polar surface area (TPSA) is 80.3 Å². The summed E-state index contributed by atoms with van der Waals surface area (Å²) in [7, 11) is -10.3. The fourth-order valence-electron chi connectivity index (χ4n) is 3.87. The highest BCUT2D eigenvalue weighted by molar-refractivity contribution is 7.92. The van der Waals surface area contributed by atoms with E-state index < -0.39 is 65.7 Å². The van der Waals surface area contributed by atoms with Crippen LogP contribution in [0.25, 0.3) is 0 Å². The van der Waals surface area contributed by atoms with Crippen molar-refractivity contribution in [3.8, 4) is 0 Å². The van der Waals surface area contributed by atoms with Crippen molar-refractivity contribution >= 4 is 31.5 Å². The maximum Gasteiger partial charge on any atom is 0.511 e. The normalized spacial score (nSPS) is 24.6. The van der Waals surface area contributed by atoms with Crippen LogP contribution in [-0.2, 0) is 24.6 Å². The van der Waals surface area contributed by atoms with E-state index >= 15 is 0 Å². The Morgan fingerprint density at radius 1 is 0.968 bits per heavy atom. The lowest BCUT2D eigenvalue weighted by molar-refractivity contribution is -0.0466. The maximum atomic E-state index is 14.6. The number of rotatable bonds is 5. The van der Waals surface area contributed by atoms with Crippen LogP contribution in [0.15, 0.2) is 47.4 Å². The minimum Gasteiger partial charge on any atom is -0.223 e. The second-order valence-corrected chi connectivity index (χ2v) is 11.9. The molecule has 0 bridgehead atoms. The third kappa shape index (κ3) is 4.06. The molecule has 0 aromatic heterocycles. The van der Waals surface area contributed by atoms with Crippen LogP contribution in [0, 0.1) is 11.6 Å². The van der Waals surface area contributed by atoms with Crippen LogP contribution in [0.2, 0.25) is 5.02 Å². The average Bonchev–Trinajstić information content (AvgIpc) is 2.60. The Morgan fingerprint density at radius 3 is 2.03 bits per heavy atom. The van der Waals surface area contributed by atoms with E-state index in [0.29, 0.717) is 12.1 Å². The van der Waals surface area contributed by atoms with Gasteiger partial charge in [0.15, 0.2) is 9.84 Å². The molecule has 2 aromatic rings. The molecule has 5 nitrogen and oxygen atoms in total. The van der Waals surface area contributed by atoms with Gasteiger partial charge in [-0.1, -0.05) is 11.6 Å². The van der Waals surface area contributed by atoms with E-state index in [-0.39, 0.29) is 9.92 Å². The van der Waals surface area contributed by atoms with Crippen LogP contribution in [0.1, 0.15) is 25.3 Å². The third-order valence-electron chi connectivity index (χ3n) is 5.09. The molecule has 0 saturated heterocycles. The summed E-state index contributed by atoms with van der Waals surface area (Å²) in [5, 5.41) is 0.196. The Bertz CT molecular complexity index is 1220. The van der Waals surface area contributed by atoms with Gasteiger partial charge in [0.2, 0.25) is 0 Å². The number of benzene rings is 2. The molecule has 170 valence electrons. The van der Waals surface area contributed by atoms with Gasteiger partial charge in [0.1, 0.15) is 16.4 Å². The highest BCUT2D eigenvalue weighted by Gasteiger charge is 2.64. The molecular formula is C18H15ClF5NO4S2. The summed E-state index contributed by atoms with van der Waals surface area (Å²) in [4.78, 5) is -0.332. The molecule has 2 aromatic carbocycles. The average molecular weight is 504 g/mol. The van der Waals surface area contributed by atoms with Crippen LogP contribution in [0.4, 0.5) is 22.0 Å². The van der Waals surface area contributed by atoms with Crippen molar-refractivity contribution in [2.45, 2.75) is 40.5 Å². The molecule has 0 heterocycles. The number of sulfone groups is 1. The van der Waals surface area contributed by atoms with Gasteiger partial charge in [-0.05, 0) is 62.2 Å². The Hall–Kier alpha value is -1.76. The molecule has 1 aliphatic rings. The number of nitrogens with one attached hydrogen (secondary N) is 1. The van der Waals surface area contributed by atoms with Crippen molar-refractivity contribution < 1.29 is 38.8 Å². The van der Waals surface area contributed by atoms with Gasteiger partial charge in [0.05, 0.1) is 4.90 Å². The molecule has 31 heavy (non-hydrogen) atoms. The van der Waals surface area contributed by atoms with Crippen molar-refractivity contribution in [2.24, 2.45) is 0 Å². The molecule has 0 unspecified atom stereocenters. The van der Waals surface area contributed by atoms with Crippen LogP contribution in [0.3, 0.4) is 0 Å². The molecule has 0 spiro atoms. The van der Waals surface area contributed by atoms with Gasteiger partial charge in [0.25, 0.3) is 0 Å². The van der Waals surface area contributed by atoms with E-state index in [2.05, 4.69) is 0 Å². The lowest BCUT2D eigenvalue weighted by Gasteiger charge is -2.53. The zero-order chi connectivity index (χ0) is 23.5. The van der Waals surface area contributed by atoms with E-state index in [9.17, 15) is 38.8 Å². The standard InChI is InChI=1S/C18H15ClF5NO4S2/c1-16(25-31(28,29)18(22,23)24)9-17(10-16,14-8-12(20)4-7-15(14)21)30(26,27)13-5-2-11(19)3-6-13/h2-8,25H,9-10H2,1H3/t16-,17+. The molecule has 0 radical (unpaired) electrons. The molecule has 1 N–H and O–H groups in total. The van der Waals surface area contributed by atoms with Crippen LogP contribution < -0.4 is 4.72 Å². The maximum absolute atomic E-state index is 14.6. The van der Waals surface area contributed by atoms with Gasteiger partial charge in [0, 0.05) is 16.1 Å². The van der Waals surface area contributed by atoms with E-state index in [1.54, 1.807) is 0 Å². The minimum atomic E-state index is -5.81. The Morgan fingerprint density at radius 2 is 1.52 bits per heavy atom. The van der Waals surface area contributed by atoms with Crippen LogP contribution in [0.5, 0.6) is 0 Å². The van der Waals surface area contributed by atoms with E-state index in [1.165, 1.54) is 16.9 Å². The molecule has 0 atom stereocenters. The number of hydrogen-bond donors (Lipinski definition) is 1. The van der Waals surface area contributed by atoms with E-state index in [1.807, 2.05) is 0 Å². The van der Waals surface area contributed by atoms with Gasteiger partial charge in [-0.3, -0.25) is 0 Å². The summed E-state index contributed by atoms with van der Waals surface area (Å²) in [5.74, 6) is -2.06. The Labute approximate surface area is 180 Å². The van der Waals surface area contributed by atoms with Crippen LogP contribution in [-0.4, -0.2) is 27.9 Å². The molecule has 1 aliphatic carbocycles. The summed E-state index contributed by atoms with van der Waals surface area (Å²) in [6.07, 6.45) is -1.53. The molecular weight excluding hydrogens is 489 g/mol. The molecule has 1 fully saturated rings. The van der Waals surface area contributed by atoms with Crippen molar-refractivity contribution in [3.05, 3.63) is 64.7 Å². The molecule has 1 saturated carbocycles. The zero-order valence-corrected chi connectivity index (χ0v) is 18.1. The molecule has 0 amide bonds. The van der Waals surface area contributed by atoms with Crippen LogP contribution >= 0.6 is 11.6 Å². The summed E-state index contributed by atoms with van der Waals surface area (Å²) in [5.41, 5.74) is -8.12. The first-order valence-corrected chi connectivity index (χ1v) is 11.9. The van der Waals surface area contributed by atoms with Gasteiger partial charge < -0.3 is 0 Å². The summed E-state index contributed by atoms with van der Waals surface area (Å²) < 4.78 is 116. The van der Waals surface area contributed by atoms with Gasteiger partial charge >= 0.3 is 15.5 Å². The van der Waals surface area contributed by atoms with Crippen molar-refractivity contribution in [1.29, 1.82) is 0 Å². The lowest BCUT2D eigenvalue weighted by atomic mass is 9.66.